The minimum absolute atomic E-state index is 0.127. The summed E-state index contributed by atoms with van der Waals surface area (Å²) in [4.78, 5) is 12.1. The number of rotatable bonds is 4. The van der Waals surface area contributed by atoms with E-state index in [0.29, 0.717) is 5.76 Å². The van der Waals surface area contributed by atoms with E-state index in [1.165, 1.54) is 18.9 Å². The van der Waals surface area contributed by atoms with Crippen LogP contribution < -0.4 is 5.32 Å². The molecular formula is C17H20N2O2. The summed E-state index contributed by atoms with van der Waals surface area (Å²) in [5, 5.41) is 12.1. The maximum Gasteiger partial charge on any atom is 0.262 e. The van der Waals surface area contributed by atoms with Crippen molar-refractivity contribution in [1.82, 2.24) is 5.32 Å². The van der Waals surface area contributed by atoms with Gasteiger partial charge >= 0.3 is 0 Å². The molecule has 1 aliphatic rings. The Bertz CT molecular complexity index is 542. The molecule has 1 aromatic heterocycles. The molecule has 4 heteroatoms. The first-order valence-electron chi connectivity index (χ1n) is 7.42. The predicted octanol–water partition coefficient (Wildman–Crippen LogP) is 3.58. The molecule has 2 rings (SSSR count). The van der Waals surface area contributed by atoms with Crippen LogP contribution in [0.3, 0.4) is 0 Å². The number of nitrogens with one attached hydrogen (secondary N) is 1. The molecule has 0 spiro atoms. The number of carbonyl (C=O) groups is 1. The number of hydrogen-bond acceptors (Lipinski definition) is 3. The normalized spacial score (nSPS) is 17.4. The molecular weight excluding hydrogens is 264 g/mol. The Labute approximate surface area is 125 Å². The minimum Gasteiger partial charge on any atom is -0.465 e. The lowest BCUT2D eigenvalue weighted by Gasteiger charge is -2.15. The van der Waals surface area contributed by atoms with Crippen molar-refractivity contribution in [3.05, 3.63) is 41.9 Å². The van der Waals surface area contributed by atoms with Crippen LogP contribution in [-0.4, -0.2) is 11.9 Å². The molecule has 0 aliphatic heterocycles. The largest absolute Gasteiger partial charge is 0.465 e. The average Bonchev–Trinajstić information content (AvgIpc) is 2.87. The highest BCUT2D eigenvalue weighted by atomic mass is 16.3. The maximum absolute atomic E-state index is 12.1. The molecule has 1 aromatic rings. The first-order chi connectivity index (χ1) is 10.3. The molecule has 1 amide bonds. The quantitative estimate of drug-likeness (QED) is 0.398. The highest BCUT2D eigenvalue weighted by molar-refractivity contribution is 5.97. The summed E-state index contributed by atoms with van der Waals surface area (Å²) in [6, 6.07) is 5.75. The predicted molar refractivity (Wildman–Crippen MR) is 81.1 cm³/mol. The molecule has 0 bridgehead atoms. The summed E-state index contributed by atoms with van der Waals surface area (Å²) >= 11 is 0. The van der Waals surface area contributed by atoms with E-state index in [2.05, 4.69) is 5.32 Å². The summed E-state index contributed by atoms with van der Waals surface area (Å²) in [5.74, 6) is 0.404. The molecule has 0 saturated heterocycles. The Kier molecular flexibility index (Phi) is 5.83. The third kappa shape index (κ3) is 4.96. The van der Waals surface area contributed by atoms with Gasteiger partial charge in [-0.2, -0.15) is 5.26 Å². The monoisotopic (exact) mass is 284 g/mol. The summed E-state index contributed by atoms with van der Waals surface area (Å²) in [7, 11) is 0. The Morgan fingerprint density at radius 1 is 1.33 bits per heavy atom. The Morgan fingerprint density at radius 2 is 2.10 bits per heavy atom. The van der Waals surface area contributed by atoms with Crippen LogP contribution >= 0.6 is 0 Å². The Hall–Kier alpha value is -2.28. The smallest absolute Gasteiger partial charge is 0.262 e. The molecule has 0 unspecified atom stereocenters. The fourth-order valence-electron chi connectivity index (χ4n) is 2.48. The molecule has 0 aromatic carbocycles. The topological polar surface area (TPSA) is 66.0 Å². The van der Waals surface area contributed by atoms with Gasteiger partial charge in [0.05, 0.1) is 6.26 Å². The van der Waals surface area contributed by atoms with Gasteiger partial charge in [-0.05, 0) is 37.1 Å². The number of hydrogen-bond donors (Lipinski definition) is 1. The van der Waals surface area contributed by atoms with E-state index in [4.69, 9.17) is 9.68 Å². The van der Waals surface area contributed by atoms with Crippen LogP contribution in [0.1, 0.15) is 44.3 Å². The number of nitriles is 1. The number of furan rings is 1. The fourth-order valence-corrected chi connectivity index (χ4v) is 2.48. The van der Waals surface area contributed by atoms with Crippen LogP contribution in [0.25, 0.3) is 6.08 Å². The second kappa shape index (κ2) is 8.11. The zero-order valence-corrected chi connectivity index (χ0v) is 12.0. The van der Waals surface area contributed by atoms with E-state index in [-0.39, 0.29) is 17.5 Å². The molecule has 0 atom stereocenters. The van der Waals surface area contributed by atoms with Gasteiger partial charge in [0.2, 0.25) is 0 Å². The van der Waals surface area contributed by atoms with Gasteiger partial charge in [0.15, 0.2) is 0 Å². The molecule has 0 radical (unpaired) electrons. The Balaban J connectivity index is 1.93. The van der Waals surface area contributed by atoms with Gasteiger partial charge in [-0.25, -0.2) is 0 Å². The molecule has 21 heavy (non-hydrogen) atoms. The lowest BCUT2D eigenvalue weighted by molar-refractivity contribution is -0.117. The second-order valence-electron chi connectivity index (χ2n) is 5.23. The zero-order chi connectivity index (χ0) is 14.9. The first kappa shape index (κ1) is 15.1. The van der Waals surface area contributed by atoms with E-state index in [9.17, 15) is 4.79 Å². The van der Waals surface area contributed by atoms with Gasteiger partial charge in [-0.3, -0.25) is 4.79 Å². The van der Waals surface area contributed by atoms with Crippen molar-refractivity contribution in [2.45, 2.75) is 44.6 Å². The molecule has 1 aliphatic carbocycles. The van der Waals surface area contributed by atoms with Gasteiger partial charge < -0.3 is 9.73 Å². The van der Waals surface area contributed by atoms with Crippen LogP contribution in [0.15, 0.2) is 40.5 Å². The highest BCUT2D eigenvalue weighted by Crippen LogP contribution is 2.17. The van der Waals surface area contributed by atoms with Gasteiger partial charge in [0.25, 0.3) is 5.91 Å². The standard InChI is InChI=1S/C17H20N2O2/c18-13-14(7-5-10-16-11-6-12-21-16)17(20)19-15-8-3-1-2-4-9-15/h5-7,10-12,15H,1-4,8-9H2,(H,19,20)/b10-5+,14-7-. The third-order valence-electron chi connectivity index (χ3n) is 3.62. The van der Waals surface area contributed by atoms with E-state index in [1.807, 2.05) is 12.1 Å². The SMILES string of the molecule is N#C/C(=C/C=C/c1ccco1)C(=O)NC1CCCCCC1. The summed E-state index contributed by atoms with van der Waals surface area (Å²) in [6.45, 7) is 0. The van der Waals surface area contributed by atoms with Crippen molar-refractivity contribution < 1.29 is 9.21 Å². The molecule has 1 N–H and O–H groups in total. The van der Waals surface area contributed by atoms with E-state index >= 15 is 0 Å². The van der Waals surface area contributed by atoms with Crippen LogP contribution in [0, 0.1) is 11.3 Å². The van der Waals surface area contributed by atoms with Gasteiger partial charge in [-0.1, -0.05) is 31.8 Å². The third-order valence-corrected chi connectivity index (χ3v) is 3.62. The van der Waals surface area contributed by atoms with Crippen molar-refractivity contribution >= 4 is 12.0 Å². The molecule has 1 saturated carbocycles. The summed E-state index contributed by atoms with van der Waals surface area (Å²) in [5.41, 5.74) is 0.127. The van der Waals surface area contributed by atoms with Crippen LogP contribution in [0.5, 0.6) is 0 Å². The van der Waals surface area contributed by atoms with E-state index in [1.54, 1.807) is 24.5 Å². The second-order valence-corrected chi connectivity index (χ2v) is 5.23. The van der Waals surface area contributed by atoms with Crippen molar-refractivity contribution in [1.29, 1.82) is 5.26 Å². The molecule has 110 valence electrons. The number of allylic oxidation sites excluding steroid dienone is 2. The average molecular weight is 284 g/mol. The number of nitrogens with zero attached hydrogens (tertiary/aromatic N) is 1. The fraction of sp³-hybridized carbons (Fsp3) is 0.412. The highest BCUT2D eigenvalue weighted by Gasteiger charge is 2.16. The van der Waals surface area contributed by atoms with E-state index in [0.717, 1.165) is 25.7 Å². The summed E-state index contributed by atoms with van der Waals surface area (Å²) < 4.78 is 5.15. The Morgan fingerprint density at radius 3 is 2.71 bits per heavy atom. The lowest BCUT2D eigenvalue weighted by atomic mass is 10.1. The zero-order valence-electron chi connectivity index (χ0n) is 12.0. The van der Waals surface area contributed by atoms with Crippen LogP contribution in [0.4, 0.5) is 0 Å². The first-order valence-corrected chi connectivity index (χ1v) is 7.42. The van der Waals surface area contributed by atoms with Gasteiger partial charge in [-0.15, -0.1) is 0 Å². The van der Waals surface area contributed by atoms with Crippen molar-refractivity contribution in [2.24, 2.45) is 0 Å². The molecule has 1 heterocycles. The van der Waals surface area contributed by atoms with Crippen LogP contribution in [-0.2, 0) is 4.79 Å². The van der Waals surface area contributed by atoms with Crippen LogP contribution in [0.2, 0.25) is 0 Å². The van der Waals surface area contributed by atoms with Gasteiger partial charge in [0, 0.05) is 6.04 Å². The van der Waals surface area contributed by atoms with Crippen molar-refractivity contribution in [3.63, 3.8) is 0 Å². The number of amides is 1. The molecule has 1 fully saturated rings. The van der Waals surface area contributed by atoms with Gasteiger partial charge in [0.1, 0.15) is 17.4 Å². The molecule has 4 nitrogen and oxygen atoms in total. The van der Waals surface area contributed by atoms with Crippen molar-refractivity contribution in [3.8, 4) is 6.07 Å². The van der Waals surface area contributed by atoms with Crippen molar-refractivity contribution in [2.75, 3.05) is 0 Å². The number of carbonyl (C=O) groups excluding carboxylic acids is 1. The lowest BCUT2D eigenvalue weighted by Crippen LogP contribution is -2.35. The van der Waals surface area contributed by atoms with E-state index < -0.39 is 0 Å². The minimum atomic E-state index is -0.284. The summed E-state index contributed by atoms with van der Waals surface area (Å²) in [6.07, 6.45) is 13.3. The maximum atomic E-state index is 12.1.